The molecule has 3 heteroatoms. The maximum absolute atomic E-state index is 5.97. The van der Waals surface area contributed by atoms with E-state index in [1.165, 1.54) is 51.6 Å². The molecular weight excluding hydrogens is 222 g/mol. The van der Waals surface area contributed by atoms with Gasteiger partial charge in [0.15, 0.2) is 0 Å². The zero-order valence-corrected chi connectivity index (χ0v) is 12.5. The van der Waals surface area contributed by atoms with Gasteiger partial charge in [0.2, 0.25) is 0 Å². The summed E-state index contributed by atoms with van der Waals surface area (Å²) in [5.41, 5.74) is 6.23. The Morgan fingerprint density at radius 1 is 1.11 bits per heavy atom. The van der Waals surface area contributed by atoms with Crippen molar-refractivity contribution in [2.24, 2.45) is 5.73 Å². The quantitative estimate of drug-likeness (QED) is 0.765. The van der Waals surface area contributed by atoms with E-state index in [0.29, 0.717) is 6.04 Å². The van der Waals surface area contributed by atoms with Gasteiger partial charge >= 0.3 is 0 Å². The summed E-state index contributed by atoms with van der Waals surface area (Å²) in [5, 5.41) is 0. The van der Waals surface area contributed by atoms with Gasteiger partial charge in [-0.2, -0.15) is 0 Å². The lowest BCUT2D eigenvalue weighted by Gasteiger charge is -2.52. The second kappa shape index (κ2) is 5.89. The van der Waals surface area contributed by atoms with E-state index in [2.05, 4.69) is 30.7 Å². The molecule has 1 saturated carbocycles. The highest BCUT2D eigenvalue weighted by atomic mass is 15.3. The van der Waals surface area contributed by atoms with Crippen molar-refractivity contribution in [3.05, 3.63) is 0 Å². The molecule has 1 aliphatic carbocycles. The molecule has 2 N–H and O–H groups in total. The second-order valence-electron chi connectivity index (χ2n) is 6.89. The molecule has 1 saturated heterocycles. The second-order valence-corrected chi connectivity index (χ2v) is 6.89. The van der Waals surface area contributed by atoms with Crippen LogP contribution in [0, 0.1) is 0 Å². The molecule has 2 rings (SSSR count). The molecule has 0 radical (unpaired) electrons. The zero-order chi connectivity index (χ0) is 13.2. The highest BCUT2D eigenvalue weighted by molar-refractivity contribution is 4.96. The van der Waals surface area contributed by atoms with Crippen molar-refractivity contribution in [3.63, 3.8) is 0 Å². The fourth-order valence-corrected chi connectivity index (χ4v) is 3.69. The number of hydrogen-bond acceptors (Lipinski definition) is 3. The van der Waals surface area contributed by atoms with Gasteiger partial charge in [-0.25, -0.2) is 0 Å². The molecule has 0 amide bonds. The maximum atomic E-state index is 5.97. The number of rotatable bonds is 2. The predicted octanol–water partition coefficient (Wildman–Crippen LogP) is 2.06. The molecule has 18 heavy (non-hydrogen) atoms. The van der Waals surface area contributed by atoms with Crippen LogP contribution >= 0.6 is 0 Å². The van der Waals surface area contributed by atoms with E-state index in [-0.39, 0.29) is 5.54 Å². The molecule has 1 atom stereocenters. The van der Waals surface area contributed by atoms with Crippen LogP contribution in [0.25, 0.3) is 0 Å². The van der Waals surface area contributed by atoms with E-state index in [0.717, 1.165) is 12.6 Å². The molecule has 1 unspecified atom stereocenters. The van der Waals surface area contributed by atoms with Crippen molar-refractivity contribution in [2.75, 3.05) is 26.7 Å². The molecule has 106 valence electrons. The minimum atomic E-state index is 0.259. The fourth-order valence-electron chi connectivity index (χ4n) is 3.69. The highest BCUT2D eigenvalue weighted by Crippen LogP contribution is 2.29. The SMILES string of the molecule is CN1C(CN)CN(C2CCCCCC2)CC1(C)C. The lowest BCUT2D eigenvalue weighted by atomic mass is 9.93. The van der Waals surface area contributed by atoms with Gasteiger partial charge in [-0.1, -0.05) is 25.7 Å². The van der Waals surface area contributed by atoms with Gasteiger partial charge in [0, 0.05) is 37.3 Å². The third-order valence-electron chi connectivity index (χ3n) is 5.15. The molecule has 2 aliphatic rings. The third-order valence-corrected chi connectivity index (χ3v) is 5.15. The number of likely N-dealkylation sites (N-methyl/N-ethyl adjacent to an activating group) is 1. The number of hydrogen-bond donors (Lipinski definition) is 1. The summed E-state index contributed by atoms with van der Waals surface area (Å²) in [6.45, 7) is 7.87. The Morgan fingerprint density at radius 2 is 1.72 bits per heavy atom. The Kier molecular flexibility index (Phi) is 4.68. The van der Waals surface area contributed by atoms with Gasteiger partial charge in [0.1, 0.15) is 0 Å². The first kappa shape index (κ1) is 14.3. The lowest BCUT2D eigenvalue weighted by molar-refractivity contribution is -0.0243. The van der Waals surface area contributed by atoms with Gasteiger partial charge in [-0.3, -0.25) is 9.80 Å². The Balaban J connectivity index is 2.04. The van der Waals surface area contributed by atoms with Gasteiger partial charge < -0.3 is 5.73 Å². The van der Waals surface area contributed by atoms with Crippen LogP contribution < -0.4 is 5.73 Å². The molecule has 1 heterocycles. The van der Waals surface area contributed by atoms with Crippen LogP contribution in [-0.4, -0.2) is 54.1 Å². The maximum Gasteiger partial charge on any atom is 0.0348 e. The van der Waals surface area contributed by atoms with Gasteiger partial charge in [-0.05, 0) is 33.7 Å². The van der Waals surface area contributed by atoms with Crippen molar-refractivity contribution in [3.8, 4) is 0 Å². The lowest BCUT2D eigenvalue weighted by Crippen LogP contribution is -2.65. The normalized spacial score (nSPS) is 32.3. The van der Waals surface area contributed by atoms with E-state index >= 15 is 0 Å². The van der Waals surface area contributed by atoms with Crippen molar-refractivity contribution in [1.29, 1.82) is 0 Å². The Hall–Kier alpha value is -0.120. The summed E-state index contributed by atoms with van der Waals surface area (Å²) in [6.07, 6.45) is 8.52. The van der Waals surface area contributed by atoms with E-state index in [9.17, 15) is 0 Å². The molecule has 3 nitrogen and oxygen atoms in total. The first-order valence-electron chi connectivity index (χ1n) is 7.71. The van der Waals surface area contributed by atoms with Gasteiger partial charge in [0.05, 0.1) is 0 Å². The van der Waals surface area contributed by atoms with Crippen LogP contribution in [0.2, 0.25) is 0 Å². The monoisotopic (exact) mass is 253 g/mol. The predicted molar refractivity (Wildman–Crippen MR) is 77.7 cm³/mol. The Morgan fingerprint density at radius 3 is 2.28 bits per heavy atom. The Labute approximate surface area is 113 Å². The van der Waals surface area contributed by atoms with E-state index in [1.807, 2.05) is 0 Å². The van der Waals surface area contributed by atoms with E-state index < -0.39 is 0 Å². The first-order valence-corrected chi connectivity index (χ1v) is 7.71. The first-order chi connectivity index (χ1) is 8.54. The number of piperazine rings is 1. The van der Waals surface area contributed by atoms with Crippen molar-refractivity contribution < 1.29 is 0 Å². The van der Waals surface area contributed by atoms with Crippen LogP contribution in [0.15, 0.2) is 0 Å². The highest BCUT2D eigenvalue weighted by Gasteiger charge is 2.38. The largest absolute Gasteiger partial charge is 0.329 e. The zero-order valence-electron chi connectivity index (χ0n) is 12.5. The molecule has 0 aromatic rings. The fraction of sp³-hybridized carbons (Fsp3) is 1.00. The number of nitrogens with zero attached hydrogens (tertiary/aromatic N) is 2. The van der Waals surface area contributed by atoms with Crippen molar-refractivity contribution >= 4 is 0 Å². The number of nitrogens with two attached hydrogens (primary N) is 1. The summed E-state index contributed by atoms with van der Waals surface area (Å²) < 4.78 is 0. The molecule has 1 aliphatic heterocycles. The molecule has 2 fully saturated rings. The average Bonchev–Trinajstić information content (AvgIpc) is 2.61. The summed E-state index contributed by atoms with van der Waals surface area (Å²) in [6, 6.07) is 1.34. The molecule has 0 aromatic carbocycles. The van der Waals surface area contributed by atoms with E-state index in [1.54, 1.807) is 0 Å². The van der Waals surface area contributed by atoms with Crippen molar-refractivity contribution in [2.45, 2.75) is 70.0 Å². The van der Waals surface area contributed by atoms with E-state index in [4.69, 9.17) is 5.73 Å². The summed E-state index contributed by atoms with van der Waals surface area (Å²) in [5.74, 6) is 0. The minimum Gasteiger partial charge on any atom is -0.329 e. The smallest absolute Gasteiger partial charge is 0.0348 e. The van der Waals surface area contributed by atoms with Crippen LogP contribution in [0.1, 0.15) is 52.4 Å². The van der Waals surface area contributed by atoms with Crippen LogP contribution in [0.4, 0.5) is 0 Å². The molecule has 0 spiro atoms. The summed E-state index contributed by atoms with van der Waals surface area (Å²) in [7, 11) is 2.24. The molecular formula is C15H31N3. The average molecular weight is 253 g/mol. The topological polar surface area (TPSA) is 32.5 Å². The summed E-state index contributed by atoms with van der Waals surface area (Å²) in [4.78, 5) is 5.23. The van der Waals surface area contributed by atoms with Crippen LogP contribution in [0.3, 0.4) is 0 Å². The molecule has 0 aromatic heterocycles. The van der Waals surface area contributed by atoms with Gasteiger partial charge in [0.25, 0.3) is 0 Å². The van der Waals surface area contributed by atoms with Gasteiger partial charge in [-0.15, -0.1) is 0 Å². The van der Waals surface area contributed by atoms with Crippen LogP contribution in [-0.2, 0) is 0 Å². The Bertz CT molecular complexity index is 256. The standard InChI is InChI=1S/C15H31N3/c1-15(2)12-18(11-14(10-16)17(15)3)13-8-6-4-5-7-9-13/h13-14H,4-12,16H2,1-3H3. The summed E-state index contributed by atoms with van der Waals surface area (Å²) >= 11 is 0. The van der Waals surface area contributed by atoms with Crippen molar-refractivity contribution in [1.82, 2.24) is 9.80 Å². The molecule has 0 bridgehead atoms. The minimum absolute atomic E-state index is 0.259. The van der Waals surface area contributed by atoms with Crippen LogP contribution in [0.5, 0.6) is 0 Å². The third kappa shape index (κ3) is 3.06.